The van der Waals surface area contributed by atoms with Gasteiger partial charge in [-0.2, -0.15) is 5.10 Å². The summed E-state index contributed by atoms with van der Waals surface area (Å²) in [6.45, 7) is 1.51. The van der Waals surface area contributed by atoms with E-state index in [0.717, 1.165) is 17.7 Å². The lowest BCUT2D eigenvalue weighted by atomic mass is 10.1. The van der Waals surface area contributed by atoms with Gasteiger partial charge in [0.1, 0.15) is 22.5 Å². The molecule has 0 saturated carbocycles. The number of hydrogen-bond acceptors (Lipinski definition) is 4. The molecule has 0 radical (unpaired) electrons. The summed E-state index contributed by atoms with van der Waals surface area (Å²) < 4.78 is 39.6. The van der Waals surface area contributed by atoms with Crippen LogP contribution >= 0.6 is 11.3 Å². The van der Waals surface area contributed by atoms with Crippen LogP contribution in [0, 0.1) is 17.5 Å². The van der Waals surface area contributed by atoms with Crippen molar-refractivity contribution in [3.63, 3.8) is 0 Å². The molecule has 0 atom stereocenters. The second-order valence-electron chi connectivity index (χ2n) is 5.68. The molecule has 0 bridgehead atoms. The quantitative estimate of drug-likeness (QED) is 0.522. The molecule has 0 aliphatic carbocycles. The van der Waals surface area contributed by atoms with Crippen molar-refractivity contribution in [2.45, 2.75) is 13.3 Å². The molecule has 0 aliphatic rings. The smallest absolute Gasteiger partial charge is 0.246 e. The molecule has 1 heterocycles. The van der Waals surface area contributed by atoms with Crippen molar-refractivity contribution in [2.24, 2.45) is 5.10 Å². The Morgan fingerprint density at radius 3 is 2.52 bits per heavy atom. The van der Waals surface area contributed by atoms with Gasteiger partial charge in [-0.3, -0.25) is 4.79 Å². The molecule has 1 aromatic heterocycles. The molecule has 27 heavy (non-hydrogen) atoms. The Labute approximate surface area is 157 Å². The maximum Gasteiger partial charge on any atom is 0.246 e. The fourth-order valence-corrected chi connectivity index (χ4v) is 3.13. The molecule has 0 spiro atoms. The number of benzene rings is 2. The van der Waals surface area contributed by atoms with E-state index < -0.39 is 17.5 Å². The number of hydrogen-bond donors (Lipinski definition) is 1. The third-order valence-electron chi connectivity index (χ3n) is 3.65. The van der Waals surface area contributed by atoms with Crippen molar-refractivity contribution >= 4 is 23.0 Å². The first-order valence-electron chi connectivity index (χ1n) is 7.91. The lowest BCUT2D eigenvalue weighted by Crippen LogP contribution is -2.21. The molecule has 3 aromatic rings. The molecular weight excluding hydrogens is 375 g/mol. The normalized spacial score (nSPS) is 11.5. The zero-order valence-electron chi connectivity index (χ0n) is 14.2. The Balaban J connectivity index is 1.63. The van der Waals surface area contributed by atoms with Crippen LogP contribution in [0.15, 0.2) is 52.9 Å². The lowest BCUT2D eigenvalue weighted by molar-refractivity contribution is -0.120. The van der Waals surface area contributed by atoms with Gasteiger partial charge in [-0.15, -0.1) is 11.3 Å². The van der Waals surface area contributed by atoms with Crippen molar-refractivity contribution in [1.82, 2.24) is 10.4 Å². The minimum atomic E-state index is -0.756. The van der Waals surface area contributed by atoms with Crippen LogP contribution in [-0.4, -0.2) is 16.6 Å². The molecule has 2 aromatic carbocycles. The fourth-order valence-electron chi connectivity index (χ4n) is 2.31. The van der Waals surface area contributed by atoms with E-state index in [1.807, 2.05) is 0 Å². The Kier molecular flexibility index (Phi) is 5.66. The van der Waals surface area contributed by atoms with Crippen molar-refractivity contribution in [3.8, 4) is 10.6 Å². The van der Waals surface area contributed by atoms with Crippen molar-refractivity contribution < 1.29 is 18.0 Å². The first-order chi connectivity index (χ1) is 12.9. The summed E-state index contributed by atoms with van der Waals surface area (Å²) in [6, 6.07) is 9.04. The third kappa shape index (κ3) is 4.79. The largest absolute Gasteiger partial charge is 0.273 e. The zero-order valence-corrected chi connectivity index (χ0v) is 15.0. The number of nitrogens with zero attached hydrogens (tertiary/aromatic N) is 2. The number of hydrazone groups is 1. The number of nitrogens with one attached hydrogen (secondary N) is 1. The summed E-state index contributed by atoms with van der Waals surface area (Å²) >= 11 is 1.34. The Morgan fingerprint density at radius 1 is 1.11 bits per heavy atom. The fraction of sp³-hybridized carbons (Fsp3) is 0.105. The standard InChI is InChI=1S/C19H14F3N3OS/c1-11(16-7-6-14(21)8-17(16)22)24-25-18(26)9-15-10-27-19(23-15)12-2-4-13(20)5-3-12/h2-8,10H,9H2,1H3,(H,25,26)/b24-11-. The van der Waals surface area contributed by atoms with Gasteiger partial charge in [0.2, 0.25) is 5.91 Å². The zero-order chi connectivity index (χ0) is 19.4. The van der Waals surface area contributed by atoms with Gasteiger partial charge >= 0.3 is 0 Å². The number of carbonyl (C=O) groups excluding carboxylic acids is 1. The van der Waals surface area contributed by atoms with Crippen LogP contribution in [0.1, 0.15) is 18.2 Å². The molecule has 4 nitrogen and oxygen atoms in total. The monoisotopic (exact) mass is 389 g/mol. The summed E-state index contributed by atoms with van der Waals surface area (Å²) in [7, 11) is 0. The van der Waals surface area contributed by atoms with Crippen LogP contribution in [-0.2, 0) is 11.2 Å². The number of amides is 1. The van der Waals surface area contributed by atoms with Crippen LogP contribution in [0.3, 0.4) is 0 Å². The second kappa shape index (κ2) is 8.13. The average molecular weight is 389 g/mol. The van der Waals surface area contributed by atoms with Crippen LogP contribution in [0.2, 0.25) is 0 Å². The predicted molar refractivity (Wildman–Crippen MR) is 97.9 cm³/mol. The molecule has 0 aliphatic heterocycles. The van der Waals surface area contributed by atoms with Crippen molar-refractivity contribution in [3.05, 3.63) is 76.6 Å². The van der Waals surface area contributed by atoms with E-state index in [1.165, 1.54) is 36.5 Å². The Morgan fingerprint density at radius 2 is 1.81 bits per heavy atom. The number of rotatable bonds is 5. The number of carbonyl (C=O) groups is 1. The first kappa shape index (κ1) is 18.8. The Hall–Kier alpha value is -3.00. The van der Waals surface area contributed by atoms with Gasteiger partial charge in [0.05, 0.1) is 17.8 Å². The number of aromatic nitrogens is 1. The highest BCUT2D eigenvalue weighted by Crippen LogP contribution is 2.24. The van der Waals surface area contributed by atoms with E-state index >= 15 is 0 Å². The third-order valence-corrected chi connectivity index (χ3v) is 4.59. The van der Waals surface area contributed by atoms with Crippen molar-refractivity contribution in [2.75, 3.05) is 0 Å². The number of thiazole rings is 1. The minimum absolute atomic E-state index is 0.0135. The van der Waals surface area contributed by atoms with Crippen LogP contribution < -0.4 is 5.43 Å². The maximum atomic E-state index is 13.7. The van der Waals surface area contributed by atoms with E-state index in [0.29, 0.717) is 10.7 Å². The highest BCUT2D eigenvalue weighted by atomic mass is 32.1. The lowest BCUT2D eigenvalue weighted by Gasteiger charge is -2.04. The van der Waals surface area contributed by atoms with Gasteiger partial charge in [-0.05, 0) is 43.3 Å². The van der Waals surface area contributed by atoms with Crippen LogP contribution in [0.25, 0.3) is 10.6 Å². The van der Waals surface area contributed by atoms with E-state index in [4.69, 9.17) is 0 Å². The minimum Gasteiger partial charge on any atom is -0.273 e. The first-order valence-corrected chi connectivity index (χ1v) is 8.79. The van der Waals surface area contributed by atoms with Gasteiger partial charge < -0.3 is 0 Å². The molecule has 1 amide bonds. The topological polar surface area (TPSA) is 54.4 Å². The van der Waals surface area contributed by atoms with Gasteiger partial charge in [0.25, 0.3) is 0 Å². The molecule has 0 saturated heterocycles. The predicted octanol–water partition coefficient (Wildman–Crippen LogP) is 4.31. The van der Waals surface area contributed by atoms with Gasteiger partial charge in [-0.25, -0.2) is 23.6 Å². The summed E-state index contributed by atoms with van der Waals surface area (Å²) in [5.41, 5.74) is 3.94. The average Bonchev–Trinajstić information content (AvgIpc) is 3.08. The van der Waals surface area contributed by atoms with E-state index in [1.54, 1.807) is 17.5 Å². The molecule has 8 heteroatoms. The summed E-state index contributed by atoms with van der Waals surface area (Å²) in [6.07, 6.45) is -0.0135. The number of halogens is 3. The molecular formula is C19H14F3N3OS. The SMILES string of the molecule is C/C(=N/NC(=O)Cc1csc(-c2ccc(F)cc2)n1)c1ccc(F)cc1F. The van der Waals surface area contributed by atoms with Gasteiger partial charge in [-0.1, -0.05) is 0 Å². The molecule has 3 rings (SSSR count). The Bertz CT molecular complexity index is 1000. The highest BCUT2D eigenvalue weighted by Gasteiger charge is 2.10. The summed E-state index contributed by atoms with van der Waals surface area (Å²) in [5.74, 6) is -2.20. The van der Waals surface area contributed by atoms with Crippen LogP contribution in [0.4, 0.5) is 13.2 Å². The van der Waals surface area contributed by atoms with E-state index in [9.17, 15) is 18.0 Å². The van der Waals surface area contributed by atoms with Crippen LogP contribution in [0.5, 0.6) is 0 Å². The van der Waals surface area contributed by atoms with Gasteiger partial charge in [0.15, 0.2) is 0 Å². The molecule has 1 N–H and O–H groups in total. The summed E-state index contributed by atoms with van der Waals surface area (Å²) in [4.78, 5) is 16.4. The highest BCUT2D eigenvalue weighted by molar-refractivity contribution is 7.13. The van der Waals surface area contributed by atoms with Crippen molar-refractivity contribution in [1.29, 1.82) is 0 Å². The summed E-state index contributed by atoms with van der Waals surface area (Å²) in [5, 5.41) is 6.25. The van der Waals surface area contributed by atoms with Gasteiger partial charge in [0, 0.05) is 22.6 Å². The molecule has 138 valence electrons. The van der Waals surface area contributed by atoms with E-state index in [-0.39, 0.29) is 23.5 Å². The second-order valence-corrected chi connectivity index (χ2v) is 6.54. The molecule has 0 unspecified atom stereocenters. The molecule has 0 fully saturated rings. The van der Waals surface area contributed by atoms with E-state index in [2.05, 4.69) is 15.5 Å². The maximum absolute atomic E-state index is 13.7.